The molecule has 0 atom stereocenters. The topological polar surface area (TPSA) is 69.0 Å². The number of carbonyl (C=O) groups excluding carboxylic acids is 1. The van der Waals surface area contributed by atoms with Gasteiger partial charge in [0.1, 0.15) is 22.3 Å². The van der Waals surface area contributed by atoms with E-state index >= 15 is 0 Å². The first-order chi connectivity index (χ1) is 13.1. The third kappa shape index (κ3) is 4.74. The molecule has 0 saturated heterocycles. The number of nitrogens with one attached hydrogen (secondary N) is 1. The van der Waals surface area contributed by atoms with Crippen LogP contribution >= 0.6 is 11.3 Å². The van der Waals surface area contributed by atoms with Gasteiger partial charge >= 0.3 is 0 Å². The van der Waals surface area contributed by atoms with Crippen molar-refractivity contribution in [3.05, 3.63) is 35.7 Å². The van der Waals surface area contributed by atoms with Crippen LogP contribution < -0.4 is 10.1 Å². The first-order valence-corrected chi connectivity index (χ1v) is 10.0. The number of unbranched alkanes of at least 4 members (excludes halogenated alkanes) is 1. The number of nitrogens with zero attached hydrogens (tertiary/aromatic N) is 3. The van der Waals surface area contributed by atoms with Gasteiger partial charge in [-0.15, -0.1) is 11.3 Å². The van der Waals surface area contributed by atoms with E-state index in [-0.39, 0.29) is 5.91 Å². The number of thiazole rings is 1. The summed E-state index contributed by atoms with van der Waals surface area (Å²) in [5.41, 5.74) is 2.69. The first kappa shape index (κ1) is 19.1. The fraction of sp³-hybridized carbons (Fsp3) is 0.350. The van der Waals surface area contributed by atoms with Gasteiger partial charge in [-0.1, -0.05) is 13.3 Å². The van der Waals surface area contributed by atoms with Crippen molar-refractivity contribution in [3.8, 4) is 27.7 Å². The molecule has 0 spiro atoms. The summed E-state index contributed by atoms with van der Waals surface area (Å²) in [6, 6.07) is 9.76. The van der Waals surface area contributed by atoms with E-state index in [9.17, 15) is 4.79 Å². The summed E-state index contributed by atoms with van der Waals surface area (Å²) in [4.78, 5) is 16.7. The number of amides is 1. The Morgan fingerprint density at radius 1 is 1.22 bits per heavy atom. The Morgan fingerprint density at radius 3 is 2.70 bits per heavy atom. The fourth-order valence-corrected chi connectivity index (χ4v) is 3.43. The number of carbonyl (C=O) groups is 1. The van der Waals surface area contributed by atoms with Gasteiger partial charge in [0.25, 0.3) is 0 Å². The van der Waals surface area contributed by atoms with E-state index in [4.69, 9.17) is 9.72 Å². The molecule has 0 aliphatic heterocycles. The average Bonchev–Trinajstić information content (AvgIpc) is 3.28. The van der Waals surface area contributed by atoms with E-state index < -0.39 is 0 Å². The molecule has 0 unspecified atom stereocenters. The van der Waals surface area contributed by atoms with Crippen LogP contribution in [0.4, 0.5) is 5.82 Å². The Kier molecular flexibility index (Phi) is 6.24. The number of anilines is 1. The second-order valence-electron chi connectivity index (χ2n) is 6.19. The maximum Gasteiger partial charge on any atom is 0.225 e. The quantitative estimate of drug-likeness (QED) is 0.609. The Hall–Kier alpha value is -2.67. The molecule has 6 nitrogen and oxygen atoms in total. The van der Waals surface area contributed by atoms with E-state index in [1.807, 2.05) is 49.7 Å². The van der Waals surface area contributed by atoms with E-state index in [0.29, 0.717) is 18.8 Å². The van der Waals surface area contributed by atoms with Crippen LogP contribution in [0.3, 0.4) is 0 Å². The maximum absolute atomic E-state index is 12.0. The van der Waals surface area contributed by atoms with Crippen LogP contribution in [0.1, 0.15) is 33.1 Å². The van der Waals surface area contributed by atoms with Crippen molar-refractivity contribution in [1.29, 1.82) is 0 Å². The van der Waals surface area contributed by atoms with Crippen LogP contribution in [0, 0.1) is 0 Å². The largest absolute Gasteiger partial charge is 0.494 e. The summed E-state index contributed by atoms with van der Waals surface area (Å²) < 4.78 is 7.16. The number of benzene rings is 1. The molecule has 0 fully saturated rings. The maximum atomic E-state index is 12.0. The Morgan fingerprint density at radius 2 is 2.00 bits per heavy atom. The van der Waals surface area contributed by atoms with Gasteiger partial charge < -0.3 is 10.1 Å². The molecule has 0 radical (unpaired) electrons. The van der Waals surface area contributed by atoms with Gasteiger partial charge in [-0.05, 0) is 37.6 Å². The van der Waals surface area contributed by atoms with E-state index in [1.54, 1.807) is 4.68 Å². The second-order valence-corrected chi connectivity index (χ2v) is 7.04. The van der Waals surface area contributed by atoms with Gasteiger partial charge in [0.2, 0.25) is 5.91 Å². The molecule has 3 rings (SSSR count). The lowest BCUT2D eigenvalue weighted by atomic mass is 10.2. The molecule has 0 aliphatic carbocycles. The standard InChI is InChI=1S/C20H24N4O2S/c1-4-6-7-19(25)22-18-12-16(23-24(18)3)20-21-17(13-27-20)14-8-10-15(11-9-14)26-5-2/h8-13H,4-7H2,1-3H3,(H,22,25). The van der Waals surface area contributed by atoms with Crippen molar-refractivity contribution >= 4 is 23.1 Å². The van der Waals surface area contributed by atoms with Crippen LogP contribution in [0.15, 0.2) is 35.7 Å². The summed E-state index contributed by atoms with van der Waals surface area (Å²) in [6.45, 7) is 4.69. The molecule has 2 aromatic heterocycles. The monoisotopic (exact) mass is 384 g/mol. The first-order valence-electron chi connectivity index (χ1n) is 9.13. The predicted molar refractivity (Wildman–Crippen MR) is 109 cm³/mol. The Balaban J connectivity index is 1.74. The van der Waals surface area contributed by atoms with Crippen LogP contribution in [0.25, 0.3) is 22.0 Å². The summed E-state index contributed by atoms with van der Waals surface area (Å²) >= 11 is 1.54. The third-order valence-electron chi connectivity index (χ3n) is 4.09. The number of aryl methyl sites for hydroxylation is 1. The van der Waals surface area contributed by atoms with Gasteiger partial charge in [-0.3, -0.25) is 9.48 Å². The highest BCUT2D eigenvalue weighted by Gasteiger charge is 2.13. The Bertz CT molecular complexity index is 899. The molecule has 1 aromatic carbocycles. The zero-order chi connectivity index (χ0) is 19.2. The number of rotatable bonds is 8. The highest BCUT2D eigenvalue weighted by atomic mass is 32.1. The zero-order valence-electron chi connectivity index (χ0n) is 15.9. The van der Waals surface area contributed by atoms with E-state index in [0.717, 1.165) is 40.6 Å². The lowest BCUT2D eigenvalue weighted by Crippen LogP contribution is -2.13. The minimum atomic E-state index is 0.0145. The van der Waals surface area contributed by atoms with Gasteiger partial charge in [0.15, 0.2) is 0 Å². The van der Waals surface area contributed by atoms with Crippen LogP contribution in [-0.2, 0) is 11.8 Å². The molecule has 0 bridgehead atoms. The number of hydrogen-bond acceptors (Lipinski definition) is 5. The lowest BCUT2D eigenvalue weighted by molar-refractivity contribution is -0.116. The average molecular weight is 385 g/mol. The molecule has 0 saturated carbocycles. The highest BCUT2D eigenvalue weighted by molar-refractivity contribution is 7.13. The summed E-state index contributed by atoms with van der Waals surface area (Å²) in [5.74, 6) is 1.55. The minimum Gasteiger partial charge on any atom is -0.494 e. The molecule has 1 amide bonds. The van der Waals surface area contributed by atoms with E-state index in [1.165, 1.54) is 11.3 Å². The van der Waals surface area contributed by atoms with Crippen molar-refractivity contribution < 1.29 is 9.53 Å². The molecular formula is C20H24N4O2S. The molecule has 1 N–H and O–H groups in total. The van der Waals surface area contributed by atoms with Gasteiger partial charge in [0.05, 0.1) is 12.3 Å². The van der Waals surface area contributed by atoms with Crippen molar-refractivity contribution in [2.75, 3.05) is 11.9 Å². The number of ether oxygens (including phenoxy) is 1. The molecule has 2 heterocycles. The molecule has 3 aromatic rings. The number of hydrogen-bond donors (Lipinski definition) is 1. The molecule has 27 heavy (non-hydrogen) atoms. The highest BCUT2D eigenvalue weighted by Crippen LogP contribution is 2.30. The van der Waals surface area contributed by atoms with E-state index in [2.05, 4.69) is 17.3 Å². The lowest BCUT2D eigenvalue weighted by Gasteiger charge is -2.03. The van der Waals surface area contributed by atoms with Gasteiger partial charge in [0, 0.05) is 30.5 Å². The zero-order valence-corrected chi connectivity index (χ0v) is 16.7. The van der Waals surface area contributed by atoms with Crippen molar-refractivity contribution in [2.24, 2.45) is 7.05 Å². The van der Waals surface area contributed by atoms with Crippen molar-refractivity contribution in [2.45, 2.75) is 33.1 Å². The normalized spacial score (nSPS) is 10.8. The van der Waals surface area contributed by atoms with Crippen molar-refractivity contribution in [1.82, 2.24) is 14.8 Å². The summed E-state index contributed by atoms with van der Waals surface area (Å²) in [7, 11) is 1.82. The van der Waals surface area contributed by atoms with Crippen LogP contribution in [0.5, 0.6) is 5.75 Å². The third-order valence-corrected chi connectivity index (χ3v) is 4.95. The molecule has 7 heteroatoms. The minimum absolute atomic E-state index is 0.0145. The summed E-state index contributed by atoms with van der Waals surface area (Å²) in [5, 5.41) is 10.2. The molecular weight excluding hydrogens is 360 g/mol. The van der Waals surface area contributed by atoms with Gasteiger partial charge in [-0.2, -0.15) is 5.10 Å². The Labute approximate surface area is 163 Å². The van der Waals surface area contributed by atoms with Gasteiger partial charge in [-0.25, -0.2) is 4.98 Å². The second kappa shape index (κ2) is 8.81. The predicted octanol–water partition coefficient (Wildman–Crippen LogP) is 4.74. The summed E-state index contributed by atoms with van der Waals surface area (Å²) in [6.07, 6.45) is 2.40. The number of aromatic nitrogens is 3. The smallest absolute Gasteiger partial charge is 0.225 e. The fourth-order valence-electron chi connectivity index (χ4n) is 2.64. The molecule has 0 aliphatic rings. The van der Waals surface area contributed by atoms with Crippen LogP contribution in [0.2, 0.25) is 0 Å². The molecule has 142 valence electrons. The van der Waals surface area contributed by atoms with Crippen molar-refractivity contribution in [3.63, 3.8) is 0 Å². The van der Waals surface area contributed by atoms with Crippen LogP contribution in [-0.4, -0.2) is 27.3 Å². The SMILES string of the molecule is CCCCC(=O)Nc1cc(-c2nc(-c3ccc(OCC)cc3)cs2)nn1C.